The fourth-order valence-electron chi connectivity index (χ4n) is 2.62. The van der Waals surface area contributed by atoms with Crippen LogP contribution in [0.5, 0.6) is 0 Å². The van der Waals surface area contributed by atoms with Crippen LogP contribution in [0.4, 0.5) is 0 Å². The van der Waals surface area contributed by atoms with Gasteiger partial charge in [0, 0.05) is 20.1 Å². The molecule has 0 atom stereocenters. The van der Waals surface area contributed by atoms with Crippen molar-refractivity contribution in [3.63, 3.8) is 0 Å². The molecule has 0 bridgehead atoms. The SMILES string of the molecule is CCCCCCCCCCN=C(N)N=C(N)N(C)Cc1ccccc1. The first kappa shape index (κ1) is 21.0. The van der Waals surface area contributed by atoms with E-state index in [4.69, 9.17) is 11.5 Å². The molecule has 0 aliphatic rings. The lowest BCUT2D eigenvalue weighted by atomic mass is 10.1. The van der Waals surface area contributed by atoms with E-state index in [9.17, 15) is 0 Å². The predicted octanol–water partition coefficient (Wildman–Crippen LogP) is 3.89. The molecule has 1 aromatic carbocycles. The van der Waals surface area contributed by atoms with E-state index < -0.39 is 0 Å². The maximum atomic E-state index is 5.99. The molecule has 0 saturated heterocycles. The van der Waals surface area contributed by atoms with E-state index >= 15 is 0 Å². The second kappa shape index (κ2) is 13.3. The number of nitrogens with two attached hydrogens (primary N) is 2. The molecule has 0 radical (unpaired) electrons. The minimum atomic E-state index is 0.264. The summed E-state index contributed by atoms with van der Waals surface area (Å²) in [5.74, 6) is 0.654. The Kier molecular flexibility index (Phi) is 11.2. The topological polar surface area (TPSA) is 80.0 Å². The second-order valence-electron chi connectivity index (χ2n) is 6.53. The van der Waals surface area contributed by atoms with Gasteiger partial charge in [0.15, 0.2) is 5.96 Å². The molecule has 0 spiro atoms. The number of guanidine groups is 2. The van der Waals surface area contributed by atoms with Crippen molar-refractivity contribution >= 4 is 11.9 Å². The Labute approximate surface area is 153 Å². The van der Waals surface area contributed by atoms with Gasteiger partial charge >= 0.3 is 0 Å². The van der Waals surface area contributed by atoms with Gasteiger partial charge in [0.05, 0.1) is 0 Å². The highest BCUT2D eigenvalue weighted by atomic mass is 15.3. The molecule has 1 aromatic rings. The van der Waals surface area contributed by atoms with Crippen LogP contribution in [0.15, 0.2) is 40.3 Å². The average Bonchev–Trinajstić information content (AvgIpc) is 2.61. The Bertz CT molecular complexity index is 510. The maximum Gasteiger partial charge on any atom is 0.218 e. The lowest BCUT2D eigenvalue weighted by Crippen LogP contribution is -2.35. The lowest BCUT2D eigenvalue weighted by Gasteiger charge is -2.17. The van der Waals surface area contributed by atoms with Crippen molar-refractivity contribution in [1.29, 1.82) is 0 Å². The van der Waals surface area contributed by atoms with Gasteiger partial charge in [-0.1, -0.05) is 82.2 Å². The number of rotatable bonds is 11. The highest BCUT2D eigenvalue weighted by Crippen LogP contribution is 2.08. The highest BCUT2D eigenvalue weighted by Gasteiger charge is 2.03. The fourth-order valence-corrected chi connectivity index (χ4v) is 2.62. The van der Waals surface area contributed by atoms with E-state index in [1.165, 1.54) is 50.5 Å². The first-order valence-corrected chi connectivity index (χ1v) is 9.52. The molecule has 4 N–H and O–H groups in total. The van der Waals surface area contributed by atoms with Crippen LogP contribution in [0.3, 0.4) is 0 Å². The zero-order valence-electron chi connectivity index (χ0n) is 16.0. The van der Waals surface area contributed by atoms with Crippen molar-refractivity contribution in [2.75, 3.05) is 13.6 Å². The molecule has 5 nitrogen and oxygen atoms in total. The maximum absolute atomic E-state index is 5.99. The Hall–Kier alpha value is -2.04. The summed E-state index contributed by atoms with van der Waals surface area (Å²) in [6.45, 7) is 3.67. The van der Waals surface area contributed by atoms with Gasteiger partial charge in [0.1, 0.15) is 0 Å². The van der Waals surface area contributed by atoms with Crippen molar-refractivity contribution < 1.29 is 0 Å². The van der Waals surface area contributed by atoms with Crippen LogP contribution in [0.1, 0.15) is 63.9 Å². The van der Waals surface area contributed by atoms with Gasteiger partial charge in [0.2, 0.25) is 5.96 Å². The standard InChI is InChI=1S/C20H35N5/c1-3-4-5-6-7-8-9-13-16-23-19(21)24-20(22)25(2)17-18-14-11-10-12-15-18/h10-12,14-15H,3-9,13,16-17H2,1-2H3,(H4,21,22,23,24). The summed E-state index contributed by atoms with van der Waals surface area (Å²) in [7, 11) is 1.90. The summed E-state index contributed by atoms with van der Waals surface area (Å²) in [6.07, 6.45) is 10.3. The molecule has 0 heterocycles. The first-order chi connectivity index (χ1) is 12.1. The molecule has 0 unspecified atom stereocenters. The summed E-state index contributed by atoms with van der Waals surface area (Å²) in [4.78, 5) is 10.4. The van der Waals surface area contributed by atoms with E-state index in [2.05, 4.69) is 29.0 Å². The highest BCUT2D eigenvalue weighted by molar-refractivity contribution is 5.93. The first-order valence-electron chi connectivity index (χ1n) is 9.52. The Balaban J connectivity index is 2.22. The van der Waals surface area contributed by atoms with Gasteiger partial charge in [-0.25, -0.2) is 0 Å². The molecular formula is C20H35N5. The molecular weight excluding hydrogens is 310 g/mol. The van der Waals surface area contributed by atoms with Crippen molar-refractivity contribution in [2.24, 2.45) is 21.5 Å². The van der Waals surface area contributed by atoms with Gasteiger partial charge in [0.25, 0.3) is 0 Å². The number of aliphatic imine (C=N–C) groups is 2. The Morgan fingerprint density at radius 2 is 1.52 bits per heavy atom. The van der Waals surface area contributed by atoms with Gasteiger partial charge in [-0.15, -0.1) is 0 Å². The molecule has 1 rings (SSSR count). The molecule has 0 aliphatic carbocycles. The molecule has 0 aliphatic heterocycles. The third kappa shape index (κ3) is 10.4. The normalized spacial score (nSPS) is 12.4. The van der Waals surface area contributed by atoms with Crippen LogP contribution >= 0.6 is 0 Å². The predicted molar refractivity (Wildman–Crippen MR) is 109 cm³/mol. The number of hydrogen-bond donors (Lipinski definition) is 2. The van der Waals surface area contributed by atoms with Crippen LogP contribution in [-0.2, 0) is 6.54 Å². The number of benzene rings is 1. The smallest absolute Gasteiger partial charge is 0.218 e. The zero-order chi connectivity index (χ0) is 18.3. The molecule has 25 heavy (non-hydrogen) atoms. The third-order valence-corrected chi connectivity index (χ3v) is 4.17. The fraction of sp³-hybridized carbons (Fsp3) is 0.600. The van der Waals surface area contributed by atoms with Crippen molar-refractivity contribution in [1.82, 2.24) is 4.90 Å². The number of unbranched alkanes of at least 4 members (excludes halogenated alkanes) is 7. The quantitative estimate of drug-likeness (QED) is 0.363. The number of hydrogen-bond acceptors (Lipinski definition) is 1. The molecule has 5 heteroatoms. The van der Waals surface area contributed by atoms with Gasteiger partial charge in [-0.05, 0) is 12.0 Å². The average molecular weight is 346 g/mol. The summed E-state index contributed by atoms with van der Waals surface area (Å²) in [6, 6.07) is 10.1. The second-order valence-corrected chi connectivity index (χ2v) is 6.53. The van der Waals surface area contributed by atoms with E-state index in [-0.39, 0.29) is 5.96 Å². The van der Waals surface area contributed by atoms with Crippen molar-refractivity contribution in [2.45, 2.75) is 64.8 Å². The van der Waals surface area contributed by atoms with Crippen LogP contribution < -0.4 is 11.5 Å². The Morgan fingerprint density at radius 1 is 0.920 bits per heavy atom. The zero-order valence-corrected chi connectivity index (χ0v) is 16.0. The summed E-state index contributed by atoms with van der Waals surface area (Å²) < 4.78 is 0. The number of nitrogens with zero attached hydrogens (tertiary/aromatic N) is 3. The minimum Gasteiger partial charge on any atom is -0.369 e. The Morgan fingerprint density at radius 3 is 2.16 bits per heavy atom. The third-order valence-electron chi connectivity index (χ3n) is 4.17. The summed E-state index contributed by atoms with van der Waals surface area (Å²) >= 11 is 0. The van der Waals surface area contributed by atoms with Crippen LogP contribution in [0.25, 0.3) is 0 Å². The van der Waals surface area contributed by atoms with Gasteiger partial charge in [-0.2, -0.15) is 4.99 Å². The van der Waals surface area contributed by atoms with E-state index in [0.29, 0.717) is 12.5 Å². The van der Waals surface area contributed by atoms with Gasteiger partial charge in [-0.3, -0.25) is 4.99 Å². The lowest BCUT2D eigenvalue weighted by molar-refractivity contribution is 0.495. The summed E-state index contributed by atoms with van der Waals surface area (Å²) in [5, 5.41) is 0. The molecule has 140 valence electrons. The van der Waals surface area contributed by atoms with Crippen molar-refractivity contribution in [3.05, 3.63) is 35.9 Å². The molecule has 0 saturated carbocycles. The van der Waals surface area contributed by atoms with Crippen LogP contribution in [0, 0.1) is 0 Å². The molecule has 0 fully saturated rings. The largest absolute Gasteiger partial charge is 0.369 e. The van der Waals surface area contributed by atoms with E-state index in [0.717, 1.165) is 13.0 Å². The summed E-state index contributed by atoms with van der Waals surface area (Å²) in [5.41, 5.74) is 13.0. The molecule has 0 amide bonds. The van der Waals surface area contributed by atoms with E-state index in [1.54, 1.807) is 0 Å². The van der Waals surface area contributed by atoms with E-state index in [1.807, 2.05) is 30.1 Å². The monoisotopic (exact) mass is 345 g/mol. The van der Waals surface area contributed by atoms with Crippen LogP contribution in [0.2, 0.25) is 0 Å². The van der Waals surface area contributed by atoms with Gasteiger partial charge < -0.3 is 16.4 Å². The molecule has 0 aromatic heterocycles. The van der Waals surface area contributed by atoms with Crippen LogP contribution in [-0.4, -0.2) is 30.4 Å². The van der Waals surface area contributed by atoms with Crippen molar-refractivity contribution in [3.8, 4) is 0 Å². The minimum absolute atomic E-state index is 0.264.